The third-order valence-corrected chi connectivity index (χ3v) is 4.67. The molecule has 0 aliphatic carbocycles. The highest BCUT2D eigenvalue weighted by atomic mass is 32.2. The van der Waals surface area contributed by atoms with Crippen molar-refractivity contribution in [2.24, 2.45) is 7.05 Å². The monoisotopic (exact) mass is 279 g/mol. The van der Waals surface area contributed by atoms with E-state index in [1.54, 1.807) is 0 Å². The van der Waals surface area contributed by atoms with E-state index in [4.69, 9.17) is 0 Å². The van der Waals surface area contributed by atoms with Crippen LogP contribution in [0.5, 0.6) is 0 Å². The van der Waals surface area contributed by atoms with Gasteiger partial charge in [0.25, 0.3) is 0 Å². The standard InChI is InChI=1S/C14H21N3OS/c1-10(16-19(18)14(2,3)4)12-8-6-7-11-9-17(5)15-13(11)12/h6-10,16H,1-5H3. The highest BCUT2D eigenvalue weighted by Gasteiger charge is 2.28. The van der Waals surface area contributed by atoms with Crippen molar-refractivity contribution in [3.8, 4) is 0 Å². The molecule has 0 fully saturated rings. The summed E-state index contributed by atoms with van der Waals surface area (Å²) in [5.74, 6) is 0. The van der Waals surface area contributed by atoms with Gasteiger partial charge >= 0.3 is 0 Å². The quantitative estimate of drug-likeness (QED) is 0.879. The van der Waals surface area contributed by atoms with Gasteiger partial charge in [0.05, 0.1) is 11.6 Å². The molecule has 2 rings (SSSR count). The molecule has 0 aliphatic rings. The summed E-state index contributed by atoms with van der Waals surface area (Å²) in [4.78, 5) is 0. The molecule has 1 aromatic heterocycles. The fourth-order valence-electron chi connectivity index (χ4n) is 1.94. The molecule has 2 unspecified atom stereocenters. The van der Waals surface area contributed by atoms with Crippen molar-refractivity contribution < 1.29 is 4.55 Å². The van der Waals surface area contributed by atoms with Crippen LogP contribution in [0.4, 0.5) is 0 Å². The molecule has 0 aliphatic heterocycles. The molecule has 4 nitrogen and oxygen atoms in total. The second kappa shape index (κ2) is 5.15. The highest BCUT2D eigenvalue weighted by molar-refractivity contribution is 7.90. The lowest BCUT2D eigenvalue weighted by atomic mass is 10.1. The maximum absolute atomic E-state index is 12.2. The summed E-state index contributed by atoms with van der Waals surface area (Å²) in [6, 6.07) is 6.09. The fraction of sp³-hybridized carbons (Fsp3) is 0.500. The molecule has 0 saturated heterocycles. The lowest BCUT2D eigenvalue weighted by Gasteiger charge is -2.26. The van der Waals surface area contributed by atoms with Crippen molar-refractivity contribution in [3.63, 3.8) is 0 Å². The Morgan fingerprint density at radius 2 is 2.05 bits per heavy atom. The van der Waals surface area contributed by atoms with Crippen molar-refractivity contribution in [2.75, 3.05) is 0 Å². The summed E-state index contributed by atoms with van der Waals surface area (Å²) in [7, 11) is 1.91. The lowest BCUT2D eigenvalue weighted by molar-refractivity contribution is 0.531. The van der Waals surface area contributed by atoms with Gasteiger partial charge in [-0.1, -0.05) is 18.2 Å². The molecular formula is C14H21N3OS. The summed E-state index contributed by atoms with van der Waals surface area (Å²) in [6.07, 6.45) is 1.99. The fourth-order valence-corrected chi connectivity index (χ4v) is 2.74. The van der Waals surface area contributed by atoms with Crippen LogP contribution in [0.1, 0.15) is 39.3 Å². The molecule has 2 atom stereocenters. The molecule has 0 bridgehead atoms. The topological polar surface area (TPSA) is 52.9 Å². The second-order valence-corrected chi connectivity index (χ2v) is 7.81. The number of hydrogen-bond acceptors (Lipinski definition) is 3. The lowest BCUT2D eigenvalue weighted by Crippen LogP contribution is -2.40. The molecule has 0 radical (unpaired) electrons. The summed E-state index contributed by atoms with van der Waals surface area (Å²) in [5.41, 5.74) is 2.05. The number of rotatable bonds is 3. The molecule has 0 amide bonds. The summed E-state index contributed by atoms with van der Waals surface area (Å²) < 4.78 is 16.9. The predicted octanol–water partition coefficient (Wildman–Crippen LogP) is 2.69. The zero-order chi connectivity index (χ0) is 14.2. The average molecular weight is 279 g/mol. The number of nitrogens with zero attached hydrogens (tertiary/aromatic N) is 2. The molecule has 19 heavy (non-hydrogen) atoms. The molecule has 2 aromatic rings. The van der Waals surface area contributed by atoms with Gasteiger partial charge in [0.2, 0.25) is 0 Å². The van der Waals surface area contributed by atoms with E-state index in [1.165, 1.54) is 0 Å². The molecule has 0 spiro atoms. The van der Waals surface area contributed by atoms with Gasteiger partial charge < -0.3 is 4.55 Å². The summed E-state index contributed by atoms with van der Waals surface area (Å²) >= 11 is -1.09. The van der Waals surface area contributed by atoms with E-state index < -0.39 is 11.4 Å². The summed E-state index contributed by atoms with van der Waals surface area (Å²) in [5, 5.41) is 5.59. The number of fused-ring (bicyclic) bond motifs is 1. The van der Waals surface area contributed by atoms with E-state index in [1.807, 2.05) is 63.8 Å². The van der Waals surface area contributed by atoms with E-state index in [2.05, 4.69) is 9.82 Å². The molecule has 1 heterocycles. The summed E-state index contributed by atoms with van der Waals surface area (Å²) in [6.45, 7) is 7.91. The molecule has 5 heteroatoms. The minimum Gasteiger partial charge on any atom is -0.598 e. The van der Waals surface area contributed by atoms with E-state index in [0.29, 0.717) is 0 Å². The Morgan fingerprint density at radius 1 is 1.37 bits per heavy atom. The van der Waals surface area contributed by atoms with Gasteiger partial charge in [-0.05, 0) is 27.7 Å². The molecule has 104 valence electrons. The maximum atomic E-state index is 12.2. The van der Waals surface area contributed by atoms with Gasteiger partial charge in [-0.2, -0.15) is 5.10 Å². The van der Waals surface area contributed by atoms with Crippen LogP contribution in [-0.2, 0) is 18.4 Å². The van der Waals surface area contributed by atoms with Gasteiger partial charge in [0, 0.05) is 35.6 Å². The van der Waals surface area contributed by atoms with Crippen LogP contribution < -0.4 is 4.72 Å². The van der Waals surface area contributed by atoms with Crippen molar-refractivity contribution >= 4 is 22.3 Å². The average Bonchev–Trinajstić information content (AvgIpc) is 2.67. The van der Waals surface area contributed by atoms with E-state index in [-0.39, 0.29) is 10.8 Å². The van der Waals surface area contributed by atoms with Gasteiger partial charge in [-0.15, -0.1) is 4.72 Å². The third-order valence-electron chi connectivity index (χ3n) is 2.99. The molecule has 1 aromatic carbocycles. The zero-order valence-electron chi connectivity index (χ0n) is 12.1. The van der Waals surface area contributed by atoms with Crippen LogP contribution in [0.15, 0.2) is 24.4 Å². The maximum Gasteiger partial charge on any atom is 0.136 e. The first kappa shape index (κ1) is 14.4. The first-order valence-electron chi connectivity index (χ1n) is 6.39. The van der Waals surface area contributed by atoms with Crippen LogP contribution >= 0.6 is 0 Å². The number of nitrogens with one attached hydrogen (secondary N) is 1. The predicted molar refractivity (Wildman–Crippen MR) is 80.2 cm³/mol. The van der Waals surface area contributed by atoms with Crippen LogP contribution in [-0.4, -0.2) is 19.1 Å². The van der Waals surface area contributed by atoms with Crippen LogP contribution in [0, 0.1) is 0 Å². The van der Waals surface area contributed by atoms with Crippen LogP contribution in [0.25, 0.3) is 10.9 Å². The van der Waals surface area contributed by atoms with E-state index in [0.717, 1.165) is 16.5 Å². The minimum atomic E-state index is -1.09. The Hall–Kier alpha value is -1.04. The van der Waals surface area contributed by atoms with Gasteiger partial charge in [-0.25, -0.2) is 0 Å². The SMILES string of the molecule is CC(N[S+]([O-])C(C)(C)C)c1cccc2cn(C)nc12. The van der Waals surface area contributed by atoms with Gasteiger partial charge in [0.1, 0.15) is 4.75 Å². The van der Waals surface area contributed by atoms with Crippen LogP contribution in [0.2, 0.25) is 0 Å². The van der Waals surface area contributed by atoms with Gasteiger partial charge in [0.15, 0.2) is 0 Å². The first-order chi connectivity index (χ1) is 8.79. The van der Waals surface area contributed by atoms with E-state index >= 15 is 0 Å². The van der Waals surface area contributed by atoms with Crippen molar-refractivity contribution in [2.45, 2.75) is 38.5 Å². The third kappa shape index (κ3) is 3.11. The number of benzene rings is 1. The second-order valence-electron chi connectivity index (χ2n) is 5.81. The van der Waals surface area contributed by atoms with E-state index in [9.17, 15) is 4.55 Å². The first-order valence-corrected chi connectivity index (χ1v) is 7.54. The number of hydrogen-bond donors (Lipinski definition) is 1. The van der Waals surface area contributed by atoms with Crippen molar-refractivity contribution in [1.29, 1.82) is 0 Å². The largest absolute Gasteiger partial charge is 0.598 e. The minimum absolute atomic E-state index is 0.00124. The van der Waals surface area contributed by atoms with Crippen LogP contribution in [0.3, 0.4) is 0 Å². The van der Waals surface area contributed by atoms with Gasteiger partial charge in [-0.3, -0.25) is 4.68 Å². The highest BCUT2D eigenvalue weighted by Crippen LogP contribution is 2.25. The zero-order valence-corrected chi connectivity index (χ0v) is 12.9. The normalized spacial score (nSPS) is 15.7. The Kier molecular flexibility index (Phi) is 3.90. The van der Waals surface area contributed by atoms with Crippen molar-refractivity contribution in [3.05, 3.63) is 30.0 Å². The Morgan fingerprint density at radius 3 is 2.68 bits per heavy atom. The molecule has 0 saturated carbocycles. The Bertz CT molecular complexity index is 574. The number of aryl methyl sites for hydroxylation is 1. The molecule has 1 N–H and O–H groups in total. The molecular weight excluding hydrogens is 258 g/mol. The van der Waals surface area contributed by atoms with Crippen molar-refractivity contribution in [1.82, 2.24) is 14.5 Å². The Labute approximate surface area is 117 Å². The number of aromatic nitrogens is 2. The smallest absolute Gasteiger partial charge is 0.136 e. The Balaban J connectivity index is 2.29.